The molecule has 1 saturated carbocycles. The summed E-state index contributed by atoms with van der Waals surface area (Å²) in [6, 6.07) is 0.0913. The van der Waals surface area contributed by atoms with Gasteiger partial charge >= 0.3 is 0 Å². The van der Waals surface area contributed by atoms with Crippen LogP contribution in [0.1, 0.15) is 44.9 Å². The summed E-state index contributed by atoms with van der Waals surface area (Å²) in [6.45, 7) is 1.90. The van der Waals surface area contributed by atoms with Gasteiger partial charge in [-0.15, -0.1) is 12.4 Å². The Labute approximate surface area is 104 Å². The predicted molar refractivity (Wildman–Crippen MR) is 67.9 cm³/mol. The number of nitrogens with one attached hydrogen (secondary N) is 2. The second-order valence-electron chi connectivity index (χ2n) is 4.90. The van der Waals surface area contributed by atoms with Crippen molar-refractivity contribution in [3.05, 3.63) is 0 Å². The van der Waals surface area contributed by atoms with Crippen molar-refractivity contribution in [2.45, 2.75) is 51.0 Å². The van der Waals surface area contributed by atoms with E-state index in [4.69, 9.17) is 0 Å². The molecule has 0 aromatic carbocycles. The smallest absolute Gasteiger partial charge is 0.237 e. The van der Waals surface area contributed by atoms with Crippen molar-refractivity contribution in [2.75, 3.05) is 13.1 Å². The van der Waals surface area contributed by atoms with Crippen LogP contribution >= 0.6 is 12.4 Å². The first-order valence-electron chi connectivity index (χ1n) is 6.37. The molecule has 2 rings (SSSR count). The zero-order valence-corrected chi connectivity index (χ0v) is 10.7. The van der Waals surface area contributed by atoms with Gasteiger partial charge in [0.25, 0.3) is 0 Å². The third-order valence-corrected chi connectivity index (χ3v) is 3.67. The zero-order chi connectivity index (χ0) is 10.5. The Hall–Kier alpha value is -0.280. The maximum absolute atomic E-state index is 11.7. The fourth-order valence-corrected chi connectivity index (χ4v) is 2.67. The summed E-state index contributed by atoms with van der Waals surface area (Å²) in [5.74, 6) is 0.960. The summed E-state index contributed by atoms with van der Waals surface area (Å²) in [4.78, 5) is 11.7. The van der Waals surface area contributed by atoms with E-state index in [2.05, 4.69) is 10.6 Å². The molecule has 3 nitrogen and oxygen atoms in total. The molecule has 1 amide bonds. The number of hydrogen-bond donors (Lipinski definition) is 2. The van der Waals surface area contributed by atoms with Gasteiger partial charge in [-0.3, -0.25) is 4.79 Å². The highest BCUT2D eigenvalue weighted by atomic mass is 35.5. The van der Waals surface area contributed by atoms with Gasteiger partial charge in [-0.05, 0) is 38.1 Å². The Bertz CT molecular complexity index is 211. The summed E-state index contributed by atoms with van der Waals surface area (Å²) in [6.07, 6.45) is 8.84. The van der Waals surface area contributed by atoms with E-state index < -0.39 is 0 Å². The van der Waals surface area contributed by atoms with Gasteiger partial charge < -0.3 is 10.6 Å². The average Bonchev–Trinajstić information content (AvgIpc) is 2.81. The van der Waals surface area contributed by atoms with Gasteiger partial charge in [0.05, 0.1) is 6.04 Å². The van der Waals surface area contributed by atoms with Crippen molar-refractivity contribution in [3.63, 3.8) is 0 Å². The number of carbonyl (C=O) groups is 1. The van der Waals surface area contributed by atoms with Gasteiger partial charge in [-0.1, -0.05) is 19.3 Å². The lowest BCUT2D eigenvalue weighted by Gasteiger charge is -2.22. The van der Waals surface area contributed by atoms with Crippen molar-refractivity contribution in [2.24, 2.45) is 5.92 Å². The van der Waals surface area contributed by atoms with Crippen LogP contribution in [0.4, 0.5) is 0 Å². The summed E-state index contributed by atoms with van der Waals surface area (Å²) >= 11 is 0. The minimum atomic E-state index is 0. The first-order valence-corrected chi connectivity index (χ1v) is 6.37. The summed E-state index contributed by atoms with van der Waals surface area (Å²) < 4.78 is 0. The topological polar surface area (TPSA) is 41.1 Å². The van der Waals surface area contributed by atoms with E-state index in [1.165, 1.54) is 32.1 Å². The molecule has 0 radical (unpaired) electrons. The van der Waals surface area contributed by atoms with Gasteiger partial charge in [0.15, 0.2) is 0 Å². The van der Waals surface area contributed by atoms with Gasteiger partial charge in [0.1, 0.15) is 0 Å². The molecular weight excluding hydrogens is 224 g/mol. The molecule has 0 aromatic rings. The zero-order valence-electron chi connectivity index (χ0n) is 9.84. The normalized spacial score (nSPS) is 26.1. The predicted octanol–water partition coefficient (Wildman–Crippen LogP) is 1.86. The molecule has 0 unspecified atom stereocenters. The lowest BCUT2D eigenvalue weighted by atomic mass is 9.89. The maximum atomic E-state index is 11.7. The minimum Gasteiger partial charge on any atom is -0.354 e. The number of carbonyl (C=O) groups excluding carboxylic acids is 1. The molecule has 1 aliphatic heterocycles. The molecule has 2 aliphatic rings. The highest BCUT2D eigenvalue weighted by molar-refractivity contribution is 5.85. The van der Waals surface area contributed by atoms with E-state index in [1.807, 2.05) is 0 Å². The summed E-state index contributed by atoms with van der Waals surface area (Å²) in [7, 11) is 0. The Morgan fingerprint density at radius 1 is 1.12 bits per heavy atom. The number of halogens is 1. The summed E-state index contributed by atoms with van der Waals surface area (Å²) in [5, 5.41) is 6.32. The molecule has 2 N–H and O–H groups in total. The monoisotopic (exact) mass is 246 g/mol. The first kappa shape index (κ1) is 13.8. The molecule has 0 bridgehead atoms. The van der Waals surface area contributed by atoms with Crippen molar-refractivity contribution in [3.8, 4) is 0 Å². The molecule has 2 fully saturated rings. The standard InChI is InChI=1S/C12H22N2O.ClH/c15-12(11-7-4-8-13-11)14-9-10-5-2-1-3-6-10;/h10-11,13H,1-9H2,(H,14,15);1H/t11-;/m0./s1. The van der Waals surface area contributed by atoms with Crippen molar-refractivity contribution >= 4 is 18.3 Å². The van der Waals surface area contributed by atoms with Gasteiger partial charge in [0.2, 0.25) is 5.91 Å². The Morgan fingerprint density at radius 2 is 1.88 bits per heavy atom. The third kappa shape index (κ3) is 3.95. The fraction of sp³-hybridized carbons (Fsp3) is 0.917. The molecule has 0 aromatic heterocycles. The van der Waals surface area contributed by atoms with E-state index in [1.54, 1.807) is 0 Å². The minimum absolute atomic E-state index is 0. The van der Waals surface area contributed by atoms with E-state index >= 15 is 0 Å². The van der Waals surface area contributed by atoms with Crippen LogP contribution in [0, 0.1) is 5.92 Å². The molecule has 16 heavy (non-hydrogen) atoms. The van der Waals surface area contributed by atoms with Crippen LogP contribution in [-0.4, -0.2) is 25.0 Å². The average molecular weight is 247 g/mol. The van der Waals surface area contributed by atoms with Crippen LogP contribution in [-0.2, 0) is 4.79 Å². The molecule has 1 atom stereocenters. The Morgan fingerprint density at radius 3 is 2.50 bits per heavy atom. The fourth-order valence-electron chi connectivity index (χ4n) is 2.67. The molecule has 1 heterocycles. The maximum Gasteiger partial charge on any atom is 0.237 e. The van der Waals surface area contributed by atoms with Crippen LogP contribution in [0.3, 0.4) is 0 Å². The Balaban J connectivity index is 0.00000128. The van der Waals surface area contributed by atoms with Crippen LogP contribution in [0.15, 0.2) is 0 Å². The van der Waals surface area contributed by atoms with Crippen molar-refractivity contribution < 1.29 is 4.79 Å². The lowest BCUT2D eigenvalue weighted by molar-refractivity contribution is -0.123. The summed E-state index contributed by atoms with van der Waals surface area (Å²) in [5.41, 5.74) is 0. The van der Waals surface area contributed by atoms with Gasteiger partial charge in [-0.2, -0.15) is 0 Å². The van der Waals surface area contributed by atoms with E-state index in [0.717, 1.165) is 31.8 Å². The van der Waals surface area contributed by atoms with Crippen LogP contribution < -0.4 is 10.6 Å². The number of rotatable bonds is 3. The lowest BCUT2D eigenvalue weighted by Crippen LogP contribution is -2.42. The Kier molecular flexibility index (Phi) is 6.14. The molecule has 94 valence electrons. The van der Waals surface area contributed by atoms with Crippen molar-refractivity contribution in [1.29, 1.82) is 0 Å². The van der Waals surface area contributed by atoms with Crippen LogP contribution in [0.5, 0.6) is 0 Å². The molecule has 1 aliphatic carbocycles. The number of hydrogen-bond acceptors (Lipinski definition) is 2. The second-order valence-corrected chi connectivity index (χ2v) is 4.90. The van der Waals surface area contributed by atoms with Gasteiger partial charge in [0, 0.05) is 6.54 Å². The second kappa shape index (κ2) is 7.13. The first-order chi connectivity index (χ1) is 7.36. The van der Waals surface area contributed by atoms with Gasteiger partial charge in [-0.25, -0.2) is 0 Å². The van der Waals surface area contributed by atoms with Crippen molar-refractivity contribution in [1.82, 2.24) is 10.6 Å². The third-order valence-electron chi connectivity index (χ3n) is 3.67. The number of amides is 1. The highest BCUT2D eigenvalue weighted by Gasteiger charge is 2.22. The highest BCUT2D eigenvalue weighted by Crippen LogP contribution is 2.22. The van der Waals surface area contributed by atoms with Crippen LogP contribution in [0.25, 0.3) is 0 Å². The molecule has 4 heteroatoms. The largest absolute Gasteiger partial charge is 0.354 e. The molecule has 1 saturated heterocycles. The van der Waals surface area contributed by atoms with E-state index in [0.29, 0.717) is 0 Å². The molecule has 0 spiro atoms. The van der Waals surface area contributed by atoms with Crippen LogP contribution in [0.2, 0.25) is 0 Å². The quantitative estimate of drug-likeness (QED) is 0.798. The molecular formula is C12H23ClN2O. The van der Waals surface area contributed by atoms with E-state index in [9.17, 15) is 4.79 Å². The van der Waals surface area contributed by atoms with E-state index in [-0.39, 0.29) is 24.4 Å². The SMILES string of the molecule is Cl.O=C(NCC1CCCCC1)[C@@H]1CCCN1.